The molecular formula is C16H13BrN4O. The van der Waals surface area contributed by atoms with Gasteiger partial charge in [-0.3, -0.25) is 14.9 Å². The summed E-state index contributed by atoms with van der Waals surface area (Å²) in [6.07, 6.45) is 3.73. The highest BCUT2D eigenvalue weighted by molar-refractivity contribution is 9.10. The maximum absolute atomic E-state index is 12.0. The van der Waals surface area contributed by atoms with E-state index in [4.69, 9.17) is 0 Å². The van der Waals surface area contributed by atoms with E-state index in [1.165, 1.54) is 0 Å². The number of nitrogens with one attached hydrogen (secondary N) is 2. The Balaban J connectivity index is 1.65. The van der Waals surface area contributed by atoms with Crippen molar-refractivity contribution in [3.05, 3.63) is 64.9 Å². The summed E-state index contributed by atoms with van der Waals surface area (Å²) in [5.74, 6) is 0.407. The van der Waals surface area contributed by atoms with Crippen molar-refractivity contribution in [1.29, 1.82) is 0 Å². The van der Waals surface area contributed by atoms with Crippen molar-refractivity contribution in [2.45, 2.75) is 6.42 Å². The first-order valence-electron chi connectivity index (χ1n) is 6.71. The Kier molecular flexibility index (Phi) is 4.29. The predicted molar refractivity (Wildman–Crippen MR) is 88.3 cm³/mol. The number of aromatic amines is 1. The molecule has 22 heavy (non-hydrogen) atoms. The molecule has 0 saturated carbocycles. The molecule has 1 amide bonds. The molecule has 6 heteroatoms. The third-order valence-electron chi connectivity index (χ3n) is 3.11. The van der Waals surface area contributed by atoms with Crippen LogP contribution in [-0.4, -0.2) is 21.1 Å². The molecule has 0 unspecified atom stereocenters. The molecule has 2 N–H and O–H groups in total. The van der Waals surface area contributed by atoms with E-state index < -0.39 is 0 Å². The van der Waals surface area contributed by atoms with E-state index in [9.17, 15) is 4.79 Å². The SMILES string of the molecule is O=C(Cc1ccc(Br)cc1)Nc1cc(-c2ccncc2)[nH]n1. The molecule has 0 bridgehead atoms. The van der Waals surface area contributed by atoms with Crippen LogP contribution in [0.2, 0.25) is 0 Å². The van der Waals surface area contributed by atoms with E-state index >= 15 is 0 Å². The minimum atomic E-state index is -0.102. The number of carbonyl (C=O) groups excluding carboxylic acids is 1. The number of aromatic nitrogens is 3. The summed E-state index contributed by atoms with van der Waals surface area (Å²) in [5, 5.41) is 9.79. The second kappa shape index (κ2) is 6.53. The molecule has 110 valence electrons. The molecule has 0 aliphatic heterocycles. The van der Waals surface area contributed by atoms with Gasteiger partial charge in [0, 0.05) is 28.5 Å². The fourth-order valence-corrected chi connectivity index (χ4v) is 2.30. The molecule has 3 aromatic rings. The summed E-state index contributed by atoms with van der Waals surface area (Å²) in [5.41, 5.74) is 2.75. The smallest absolute Gasteiger partial charge is 0.229 e. The fraction of sp³-hybridized carbons (Fsp3) is 0.0625. The van der Waals surface area contributed by atoms with E-state index in [2.05, 4.69) is 36.4 Å². The van der Waals surface area contributed by atoms with Gasteiger partial charge in [-0.1, -0.05) is 28.1 Å². The van der Waals surface area contributed by atoms with Crippen LogP contribution in [0.25, 0.3) is 11.3 Å². The average Bonchev–Trinajstić information content (AvgIpc) is 2.99. The van der Waals surface area contributed by atoms with E-state index in [-0.39, 0.29) is 5.91 Å². The summed E-state index contributed by atoms with van der Waals surface area (Å²) in [4.78, 5) is 16.0. The number of benzene rings is 1. The molecule has 0 aliphatic carbocycles. The average molecular weight is 357 g/mol. The first-order chi connectivity index (χ1) is 10.7. The van der Waals surface area contributed by atoms with Crippen molar-refractivity contribution in [2.75, 3.05) is 5.32 Å². The molecule has 0 fully saturated rings. The number of anilines is 1. The van der Waals surface area contributed by atoms with Crippen LogP contribution < -0.4 is 5.32 Å². The van der Waals surface area contributed by atoms with E-state index in [0.717, 1.165) is 21.3 Å². The quantitative estimate of drug-likeness (QED) is 0.752. The lowest BCUT2D eigenvalue weighted by Gasteiger charge is -2.02. The molecule has 0 radical (unpaired) electrons. The summed E-state index contributed by atoms with van der Waals surface area (Å²) in [7, 11) is 0. The minimum Gasteiger partial charge on any atom is -0.309 e. The van der Waals surface area contributed by atoms with Gasteiger partial charge in [-0.15, -0.1) is 0 Å². The van der Waals surface area contributed by atoms with Crippen molar-refractivity contribution in [1.82, 2.24) is 15.2 Å². The Morgan fingerprint density at radius 3 is 2.59 bits per heavy atom. The lowest BCUT2D eigenvalue weighted by molar-refractivity contribution is -0.115. The Morgan fingerprint density at radius 1 is 1.14 bits per heavy atom. The molecule has 0 aliphatic rings. The number of rotatable bonds is 4. The van der Waals surface area contributed by atoms with Gasteiger partial charge in [0.25, 0.3) is 0 Å². The summed E-state index contributed by atoms with van der Waals surface area (Å²) < 4.78 is 0.992. The number of halogens is 1. The van der Waals surface area contributed by atoms with Gasteiger partial charge in [0.05, 0.1) is 12.1 Å². The Labute approximate surface area is 135 Å². The lowest BCUT2D eigenvalue weighted by atomic mass is 10.1. The van der Waals surface area contributed by atoms with Gasteiger partial charge in [-0.05, 0) is 29.8 Å². The van der Waals surface area contributed by atoms with Crippen LogP contribution in [0.15, 0.2) is 59.3 Å². The Hall–Kier alpha value is -2.47. The zero-order valence-corrected chi connectivity index (χ0v) is 13.2. The van der Waals surface area contributed by atoms with E-state index in [0.29, 0.717) is 12.2 Å². The van der Waals surface area contributed by atoms with Crippen LogP contribution in [0.4, 0.5) is 5.82 Å². The molecule has 2 aromatic heterocycles. The molecule has 2 heterocycles. The zero-order chi connectivity index (χ0) is 15.4. The number of amides is 1. The van der Waals surface area contributed by atoms with Gasteiger partial charge in [-0.25, -0.2) is 0 Å². The second-order valence-electron chi connectivity index (χ2n) is 4.75. The summed E-state index contributed by atoms with van der Waals surface area (Å²) in [6, 6.07) is 13.2. The molecule has 0 spiro atoms. The number of H-pyrrole nitrogens is 1. The highest BCUT2D eigenvalue weighted by atomic mass is 79.9. The third kappa shape index (κ3) is 3.59. The summed E-state index contributed by atoms with van der Waals surface area (Å²) in [6.45, 7) is 0. The molecule has 0 saturated heterocycles. The Morgan fingerprint density at radius 2 is 1.86 bits per heavy atom. The van der Waals surface area contributed by atoms with Crippen LogP contribution >= 0.6 is 15.9 Å². The molecule has 5 nitrogen and oxygen atoms in total. The molecule has 0 atom stereocenters. The van der Waals surface area contributed by atoms with E-state index in [1.807, 2.05) is 36.4 Å². The second-order valence-corrected chi connectivity index (χ2v) is 5.67. The number of hydrogen-bond donors (Lipinski definition) is 2. The maximum Gasteiger partial charge on any atom is 0.229 e. The Bertz CT molecular complexity index is 768. The predicted octanol–water partition coefficient (Wildman–Crippen LogP) is 3.42. The van der Waals surface area contributed by atoms with Crippen LogP contribution in [0, 0.1) is 0 Å². The summed E-state index contributed by atoms with van der Waals surface area (Å²) >= 11 is 3.37. The van der Waals surface area contributed by atoms with Crippen LogP contribution in [-0.2, 0) is 11.2 Å². The minimum absolute atomic E-state index is 0.102. The van der Waals surface area contributed by atoms with Crippen molar-refractivity contribution in [2.24, 2.45) is 0 Å². The lowest BCUT2D eigenvalue weighted by Crippen LogP contribution is -2.14. The number of nitrogens with zero attached hydrogens (tertiary/aromatic N) is 2. The first kappa shape index (κ1) is 14.5. The molecule has 1 aromatic carbocycles. The zero-order valence-electron chi connectivity index (χ0n) is 11.6. The van der Waals surface area contributed by atoms with Crippen LogP contribution in [0.5, 0.6) is 0 Å². The van der Waals surface area contributed by atoms with Crippen molar-refractivity contribution >= 4 is 27.7 Å². The largest absolute Gasteiger partial charge is 0.309 e. The highest BCUT2D eigenvalue weighted by Gasteiger charge is 2.08. The standard InChI is InChI=1S/C16H13BrN4O/c17-13-3-1-11(2-4-13)9-16(22)19-15-10-14(20-21-15)12-5-7-18-8-6-12/h1-8,10H,9H2,(H2,19,20,21,22). The highest BCUT2D eigenvalue weighted by Crippen LogP contribution is 2.18. The van der Waals surface area contributed by atoms with Crippen LogP contribution in [0.3, 0.4) is 0 Å². The number of hydrogen-bond acceptors (Lipinski definition) is 3. The van der Waals surface area contributed by atoms with Gasteiger partial charge < -0.3 is 5.32 Å². The fourth-order valence-electron chi connectivity index (χ4n) is 2.04. The number of pyridine rings is 1. The monoisotopic (exact) mass is 356 g/mol. The first-order valence-corrected chi connectivity index (χ1v) is 7.50. The van der Waals surface area contributed by atoms with Gasteiger partial charge in [0.2, 0.25) is 5.91 Å². The van der Waals surface area contributed by atoms with Gasteiger partial charge >= 0.3 is 0 Å². The topological polar surface area (TPSA) is 70.7 Å². The number of carbonyl (C=O) groups is 1. The molecular weight excluding hydrogens is 344 g/mol. The normalized spacial score (nSPS) is 10.4. The molecule has 3 rings (SSSR count). The van der Waals surface area contributed by atoms with E-state index in [1.54, 1.807) is 18.5 Å². The maximum atomic E-state index is 12.0. The van der Waals surface area contributed by atoms with Gasteiger partial charge in [-0.2, -0.15) is 5.10 Å². The van der Waals surface area contributed by atoms with Crippen LogP contribution in [0.1, 0.15) is 5.56 Å². The van der Waals surface area contributed by atoms with Crippen molar-refractivity contribution in [3.63, 3.8) is 0 Å². The van der Waals surface area contributed by atoms with Gasteiger partial charge in [0.1, 0.15) is 0 Å². The van der Waals surface area contributed by atoms with Gasteiger partial charge in [0.15, 0.2) is 5.82 Å². The van der Waals surface area contributed by atoms with Crippen molar-refractivity contribution in [3.8, 4) is 11.3 Å². The third-order valence-corrected chi connectivity index (χ3v) is 3.64. The van der Waals surface area contributed by atoms with Crippen molar-refractivity contribution < 1.29 is 4.79 Å².